The maximum atomic E-state index is 13.7. The van der Waals surface area contributed by atoms with Gasteiger partial charge in [-0.3, -0.25) is 4.79 Å². The van der Waals surface area contributed by atoms with Crippen LogP contribution >= 0.6 is 32.4 Å². The average Bonchev–Trinajstić information content (AvgIpc) is 2.88. The Balaban J connectivity index is 2.24. The minimum absolute atomic E-state index is 0.188. The van der Waals surface area contributed by atoms with Gasteiger partial charge in [0.25, 0.3) is 5.66 Å². The third-order valence-corrected chi connectivity index (χ3v) is 5.39. The van der Waals surface area contributed by atoms with Gasteiger partial charge in [-0.05, 0) is 43.2 Å². The van der Waals surface area contributed by atoms with Crippen molar-refractivity contribution >= 4 is 49.3 Å². The van der Waals surface area contributed by atoms with Gasteiger partial charge in [-0.2, -0.15) is 8.78 Å². The van der Waals surface area contributed by atoms with Crippen LogP contribution in [0.25, 0.3) is 11.0 Å². The fourth-order valence-electron chi connectivity index (χ4n) is 2.83. The van der Waals surface area contributed by atoms with Crippen LogP contribution in [0, 0.1) is 13.8 Å². The van der Waals surface area contributed by atoms with Crippen LogP contribution in [-0.4, -0.2) is 15.3 Å². The molecule has 0 aliphatic rings. The second-order valence-electron chi connectivity index (χ2n) is 6.16. The Labute approximate surface area is 161 Å². The number of hydrogen-bond donors (Lipinski definition) is 0. The molecule has 3 aromatic rings. The van der Waals surface area contributed by atoms with E-state index in [9.17, 15) is 13.6 Å². The third kappa shape index (κ3) is 3.13. The molecular weight excluding hydrogens is 400 g/mol. The lowest BCUT2D eigenvalue weighted by Gasteiger charge is -2.11. The van der Waals surface area contributed by atoms with Gasteiger partial charge in [-0.25, -0.2) is 4.98 Å². The summed E-state index contributed by atoms with van der Waals surface area (Å²) in [5.74, 6) is -0.386. The van der Waals surface area contributed by atoms with Crippen LogP contribution in [0.3, 0.4) is 0 Å². The Morgan fingerprint density at radius 2 is 1.85 bits per heavy atom. The number of pyridine rings is 1. The minimum atomic E-state index is -3.16. The quantitative estimate of drug-likeness (QED) is 0.409. The van der Waals surface area contributed by atoms with Gasteiger partial charge in [-0.15, -0.1) is 0 Å². The van der Waals surface area contributed by atoms with E-state index in [0.717, 1.165) is 5.56 Å². The van der Waals surface area contributed by atoms with Crippen molar-refractivity contribution < 1.29 is 13.6 Å². The zero-order valence-electron chi connectivity index (χ0n) is 14.2. The van der Waals surface area contributed by atoms with E-state index in [1.807, 2.05) is 0 Å². The third-order valence-electron chi connectivity index (χ3n) is 4.29. The number of aromatic nitrogens is 2. The highest BCUT2D eigenvalue weighted by Crippen LogP contribution is 2.36. The van der Waals surface area contributed by atoms with E-state index in [-0.39, 0.29) is 32.8 Å². The van der Waals surface area contributed by atoms with E-state index in [2.05, 4.69) is 4.98 Å². The van der Waals surface area contributed by atoms with Crippen molar-refractivity contribution in [3.05, 3.63) is 62.4 Å². The number of aryl methyl sites for hydroxylation is 3. The van der Waals surface area contributed by atoms with Crippen LogP contribution in [0.5, 0.6) is 0 Å². The molecular formula is C18H15Cl2F2N2OP. The molecule has 0 radical (unpaired) electrons. The highest BCUT2D eigenvalue weighted by Gasteiger charge is 2.29. The minimum Gasteiger partial charge on any atom is -0.326 e. The number of alkyl halides is 2. The molecule has 0 spiro atoms. The molecule has 0 fully saturated rings. The number of carbonyl (C=O) groups excluding carboxylic acids is 1. The molecule has 3 nitrogen and oxygen atoms in total. The van der Waals surface area contributed by atoms with Crippen molar-refractivity contribution in [2.45, 2.75) is 19.5 Å². The van der Waals surface area contributed by atoms with Crippen LogP contribution in [0.4, 0.5) is 8.78 Å². The van der Waals surface area contributed by atoms with Crippen molar-refractivity contribution in [1.82, 2.24) is 9.55 Å². The Kier molecular flexibility index (Phi) is 4.85. The summed E-state index contributed by atoms with van der Waals surface area (Å²) in [5.41, 5.74) is -1.45. The van der Waals surface area contributed by atoms with E-state index >= 15 is 0 Å². The number of nitrogens with zero attached hydrogens (tertiary/aromatic N) is 2. The van der Waals surface area contributed by atoms with Crippen LogP contribution in [0.1, 0.15) is 32.9 Å². The van der Waals surface area contributed by atoms with Crippen molar-refractivity contribution in [2.24, 2.45) is 7.05 Å². The molecule has 1 unspecified atom stereocenters. The van der Waals surface area contributed by atoms with Crippen molar-refractivity contribution in [3.8, 4) is 0 Å². The first kappa shape index (κ1) is 19.2. The first-order valence-corrected chi connectivity index (χ1v) is 8.99. The van der Waals surface area contributed by atoms with Gasteiger partial charge in [0.15, 0.2) is 0 Å². The van der Waals surface area contributed by atoms with Gasteiger partial charge in [-0.1, -0.05) is 38.5 Å². The normalized spacial score (nSPS) is 12.0. The second-order valence-corrected chi connectivity index (χ2v) is 7.67. The monoisotopic (exact) mass is 414 g/mol. The van der Waals surface area contributed by atoms with Crippen LogP contribution in [-0.2, 0) is 12.7 Å². The number of halogens is 4. The van der Waals surface area contributed by atoms with Crippen molar-refractivity contribution in [2.75, 3.05) is 0 Å². The summed E-state index contributed by atoms with van der Waals surface area (Å²) in [6, 6.07) is 6.27. The van der Waals surface area contributed by atoms with E-state index in [0.29, 0.717) is 16.6 Å². The van der Waals surface area contributed by atoms with Crippen LogP contribution in [0.2, 0.25) is 10.0 Å². The molecule has 2 aromatic heterocycles. The molecule has 0 saturated carbocycles. The zero-order chi connectivity index (χ0) is 19.4. The summed E-state index contributed by atoms with van der Waals surface area (Å²) in [4.78, 5) is 17.1. The first-order valence-electron chi connectivity index (χ1n) is 7.66. The lowest BCUT2D eigenvalue weighted by atomic mass is 10.0. The maximum absolute atomic E-state index is 13.7. The summed E-state index contributed by atoms with van der Waals surface area (Å²) in [5, 5.41) is 1.13. The lowest BCUT2D eigenvalue weighted by Crippen LogP contribution is -2.10. The molecule has 2 heterocycles. The SMILES string of the molecule is Cc1ccc(Cl)c(C(=O)c2cc3c(C)cc(C(F)(F)P)nc3n2C)c1Cl. The molecule has 1 aromatic carbocycles. The summed E-state index contributed by atoms with van der Waals surface area (Å²) < 4.78 is 28.8. The maximum Gasteiger partial charge on any atom is 0.300 e. The second kappa shape index (κ2) is 6.56. The molecule has 0 aliphatic heterocycles. The number of benzene rings is 1. The molecule has 136 valence electrons. The van der Waals surface area contributed by atoms with E-state index < -0.39 is 5.66 Å². The van der Waals surface area contributed by atoms with Crippen LogP contribution < -0.4 is 0 Å². The lowest BCUT2D eigenvalue weighted by molar-refractivity contribution is 0.0989. The van der Waals surface area contributed by atoms with Gasteiger partial charge in [0.05, 0.1) is 21.3 Å². The first-order chi connectivity index (χ1) is 12.0. The molecule has 26 heavy (non-hydrogen) atoms. The largest absolute Gasteiger partial charge is 0.326 e. The van der Waals surface area contributed by atoms with Crippen molar-refractivity contribution in [3.63, 3.8) is 0 Å². The van der Waals surface area contributed by atoms with Gasteiger partial charge < -0.3 is 4.57 Å². The van der Waals surface area contributed by atoms with E-state index in [1.54, 1.807) is 39.1 Å². The number of ketones is 1. The topological polar surface area (TPSA) is 34.9 Å². The summed E-state index contributed by atoms with van der Waals surface area (Å²) >= 11 is 12.5. The summed E-state index contributed by atoms with van der Waals surface area (Å²) in [6.07, 6.45) is 0. The number of rotatable bonds is 3. The molecule has 0 saturated heterocycles. The number of fused-ring (bicyclic) bond motifs is 1. The van der Waals surface area contributed by atoms with Gasteiger partial charge >= 0.3 is 0 Å². The van der Waals surface area contributed by atoms with Gasteiger partial charge in [0, 0.05) is 12.4 Å². The van der Waals surface area contributed by atoms with Gasteiger partial charge in [0.2, 0.25) is 5.78 Å². The Bertz CT molecular complexity index is 1060. The average molecular weight is 415 g/mol. The summed E-state index contributed by atoms with van der Waals surface area (Å²) in [7, 11) is 3.08. The van der Waals surface area contributed by atoms with E-state index in [4.69, 9.17) is 23.2 Å². The Morgan fingerprint density at radius 1 is 1.19 bits per heavy atom. The van der Waals surface area contributed by atoms with Gasteiger partial charge in [0.1, 0.15) is 11.3 Å². The molecule has 0 aliphatic carbocycles. The fourth-order valence-corrected chi connectivity index (χ4v) is 3.52. The fraction of sp³-hybridized carbons (Fsp3) is 0.222. The van der Waals surface area contributed by atoms with Crippen LogP contribution in [0.15, 0.2) is 24.3 Å². The van der Waals surface area contributed by atoms with Crippen molar-refractivity contribution in [1.29, 1.82) is 0 Å². The molecule has 0 bridgehead atoms. The highest BCUT2D eigenvalue weighted by molar-refractivity contribution is 7.17. The molecule has 0 amide bonds. The standard InChI is InChI=1S/C18H15Cl2F2N2OP/c1-8-4-5-11(19)14(15(8)20)16(25)12-7-10-9(2)6-13(18(21,22)26)23-17(10)24(12)3/h4-7H,26H2,1-3H3. The van der Waals surface area contributed by atoms with E-state index in [1.165, 1.54) is 19.9 Å². The number of carbonyl (C=O) groups is 1. The molecule has 0 N–H and O–H groups in total. The predicted molar refractivity (Wildman–Crippen MR) is 104 cm³/mol. The zero-order valence-corrected chi connectivity index (χ0v) is 16.9. The Hall–Kier alpha value is -1.55. The number of hydrogen-bond acceptors (Lipinski definition) is 2. The Morgan fingerprint density at radius 3 is 2.46 bits per heavy atom. The predicted octanol–water partition coefficient (Wildman–Crippen LogP) is 5.65. The smallest absolute Gasteiger partial charge is 0.300 e. The molecule has 1 atom stereocenters. The molecule has 3 rings (SSSR count). The molecule has 8 heteroatoms. The highest BCUT2D eigenvalue weighted by atomic mass is 35.5. The summed E-state index contributed by atoms with van der Waals surface area (Å²) in [6.45, 7) is 3.47.